The van der Waals surface area contributed by atoms with E-state index in [2.05, 4.69) is 10.3 Å². The van der Waals surface area contributed by atoms with Crippen LogP contribution in [0.2, 0.25) is 0 Å². The molecule has 52 heavy (non-hydrogen) atoms. The van der Waals surface area contributed by atoms with Crippen molar-refractivity contribution >= 4 is 40.6 Å². The molecule has 0 radical (unpaired) electrons. The molecule has 3 saturated heterocycles. The SMILES string of the molecule is CO[C@]1(C)C[C@@H](C)C(=O)[C@H](C)[C@H]2NC(=O)O[C@]2(C)[C@@H](CC/C=C/c2cnc3ccccc3c2)OC(=O)[C@H](C)C(=O)[C@H](C)[C@H]1OC1OC(C)CC(C)O1. The van der Waals surface area contributed by atoms with Crippen molar-refractivity contribution in [2.75, 3.05) is 7.11 Å². The lowest BCUT2D eigenvalue weighted by atomic mass is 9.73. The fourth-order valence-corrected chi connectivity index (χ4v) is 8.06. The van der Waals surface area contributed by atoms with Gasteiger partial charge in [-0.25, -0.2) is 4.79 Å². The summed E-state index contributed by atoms with van der Waals surface area (Å²) in [6, 6.07) is 9.03. The molecule has 5 rings (SSSR count). The van der Waals surface area contributed by atoms with Gasteiger partial charge in [0, 0.05) is 36.4 Å². The van der Waals surface area contributed by atoms with Crippen LogP contribution in [0.5, 0.6) is 0 Å². The number of amides is 1. The number of allylic oxidation sites excluding steroid dienone is 1. The lowest BCUT2D eigenvalue weighted by Gasteiger charge is -2.44. The number of pyridine rings is 1. The second-order valence-corrected chi connectivity index (χ2v) is 15.3. The average Bonchev–Trinajstić information content (AvgIpc) is 3.43. The predicted molar refractivity (Wildman–Crippen MR) is 193 cm³/mol. The maximum Gasteiger partial charge on any atom is 0.408 e. The van der Waals surface area contributed by atoms with Gasteiger partial charge in [0.05, 0.1) is 29.4 Å². The molecule has 12 heteroatoms. The molecular formula is C40H54N2O10. The summed E-state index contributed by atoms with van der Waals surface area (Å²) >= 11 is 0. The number of ketones is 2. The van der Waals surface area contributed by atoms with E-state index in [1.54, 1.807) is 40.8 Å². The molecule has 0 saturated carbocycles. The van der Waals surface area contributed by atoms with E-state index in [1.807, 2.05) is 56.3 Å². The summed E-state index contributed by atoms with van der Waals surface area (Å²) < 4.78 is 36.4. The van der Waals surface area contributed by atoms with Gasteiger partial charge >= 0.3 is 12.1 Å². The number of Topliss-reactive ketones (excluding diaryl/α,β-unsaturated/α-hetero) is 2. The van der Waals surface area contributed by atoms with Crippen molar-refractivity contribution in [1.29, 1.82) is 0 Å². The zero-order valence-electron chi connectivity index (χ0n) is 31.8. The molecule has 1 aromatic carbocycles. The molecule has 1 N–H and O–H groups in total. The number of hydrogen-bond donors (Lipinski definition) is 1. The smallest absolute Gasteiger partial charge is 0.408 e. The zero-order valence-corrected chi connectivity index (χ0v) is 31.8. The largest absolute Gasteiger partial charge is 0.457 e. The maximum absolute atomic E-state index is 14.2. The van der Waals surface area contributed by atoms with Crippen molar-refractivity contribution in [3.8, 4) is 0 Å². The molecule has 3 aliphatic rings. The molecule has 11 atom stereocenters. The lowest BCUT2D eigenvalue weighted by molar-refractivity contribution is -0.373. The fraction of sp³-hybridized carbons (Fsp3) is 0.625. The van der Waals surface area contributed by atoms with E-state index in [4.69, 9.17) is 28.4 Å². The van der Waals surface area contributed by atoms with Crippen LogP contribution in [-0.2, 0) is 42.8 Å². The summed E-state index contributed by atoms with van der Waals surface area (Å²) in [5, 5.41) is 3.84. The molecule has 4 heterocycles. The third-order valence-electron chi connectivity index (χ3n) is 11.1. The van der Waals surface area contributed by atoms with Gasteiger partial charge < -0.3 is 33.7 Å². The van der Waals surface area contributed by atoms with Gasteiger partial charge in [-0.1, -0.05) is 51.1 Å². The van der Waals surface area contributed by atoms with Gasteiger partial charge in [-0.15, -0.1) is 0 Å². The Balaban J connectivity index is 1.46. The molecule has 1 aromatic heterocycles. The Hall–Kier alpha value is -3.71. The van der Waals surface area contributed by atoms with Crippen LogP contribution in [0.25, 0.3) is 17.0 Å². The minimum absolute atomic E-state index is 0.156. The first-order valence-electron chi connectivity index (χ1n) is 18.4. The number of nitrogens with one attached hydrogen (secondary N) is 1. The molecule has 3 fully saturated rings. The monoisotopic (exact) mass is 722 g/mol. The molecule has 0 aliphatic carbocycles. The Morgan fingerprint density at radius 3 is 2.35 bits per heavy atom. The van der Waals surface area contributed by atoms with Gasteiger partial charge in [0.2, 0.25) is 0 Å². The van der Waals surface area contributed by atoms with Gasteiger partial charge in [0.25, 0.3) is 6.48 Å². The second-order valence-electron chi connectivity index (χ2n) is 15.3. The lowest BCUT2D eigenvalue weighted by Crippen LogP contribution is -2.58. The van der Waals surface area contributed by atoms with Crippen molar-refractivity contribution in [1.82, 2.24) is 10.3 Å². The molecule has 0 bridgehead atoms. The van der Waals surface area contributed by atoms with Crippen LogP contribution in [0.4, 0.5) is 4.79 Å². The Bertz CT molecular complexity index is 1650. The van der Waals surface area contributed by atoms with Crippen molar-refractivity contribution < 1.29 is 47.6 Å². The molecule has 0 spiro atoms. The van der Waals surface area contributed by atoms with Crippen LogP contribution >= 0.6 is 0 Å². The third-order valence-corrected chi connectivity index (χ3v) is 11.1. The first kappa shape index (κ1) is 39.5. The minimum Gasteiger partial charge on any atom is -0.457 e. The summed E-state index contributed by atoms with van der Waals surface area (Å²) in [5.41, 5.74) is -0.824. The number of methoxy groups -OCH3 is 1. The number of hydrogen-bond acceptors (Lipinski definition) is 11. The van der Waals surface area contributed by atoms with Crippen molar-refractivity contribution in [3.05, 3.63) is 48.2 Å². The standard InChI is InChI=1S/C40H54N2O10/c1-22-20-39(7,47-9)35(51-38-48-23(2)18-24(3)49-38)26(5)33(44)27(6)36(45)50-31(40(8)34(25(4)32(22)43)42-37(46)52-40)17-13-10-14-28-19-29-15-11-12-16-30(29)41-21-28/h10-12,14-16,19,21-27,31,34-35,38H,13,17-18,20H2,1-9H3,(H,42,46)/b14-10+/t22-,23?,24?,25+,26+,27-,31-,34-,35-,38?,39-,40-/m1/s1. The van der Waals surface area contributed by atoms with Crippen molar-refractivity contribution in [2.24, 2.45) is 23.7 Å². The van der Waals surface area contributed by atoms with Crippen LogP contribution in [0.3, 0.4) is 0 Å². The molecule has 2 unspecified atom stereocenters. The number of alkyl carbamates (subject to hydrolysis) is 1. The Morgan fingerprint density at radius 1 is 0.962 bits per heavy atom. The molecule has 2 aromatic rings. The highest BCUT2D eigenvalue weighted by Gasteiger charge is 2.57. The average molecular weight is 723 g/mol. The van der Waals surface area contributed by atoms with Crippen LogP contribution in [-0.4, -0.2) is 83.9 Å². The number of nitrogens with zero attached hydrogens (tertiary/aromatic N) is 1. The number of ether oxygens (including phenoxy) is 6. The van der Waals surface area contributed by atoms with Crippen LogP contribution < -0.4 is 5.32 Å². The zero-order chi connectivity index (χ0) is 38.0. The molecule has 1 amide bonds. The van der Waals surface area contributed by atoms with Crippen molar-refractivity contribution in [2.45, 2.75) is 129 Å². The number of carbonyl (C=O) groups is 4. The van der Waals surface area contributed by atoms with Gasteiger partial charge in [0.15, 0.2) is 11.4 Å². The Labute approximate surface area is 306 Å². The number of rotatable bonds is 7. The van der Waals surface area contributed by atoms with Gasteiger partial charge in [-0.3, -0.25) is 19.4 Å². The third kappa shape index (κ3) is 8.40. The summed E-state index contributed by atoms with van der Waals surface area (Å²) in [6.45, 7) is 12.9. The van der Waals surface area contributed by atoms with E-state index in [0.29, 0.717) is 12.8 Å². The number of esters is 1. The summed E-state index contributed by atoms with van der Waals surface area (Å²) in [4.78, 5) is 59.8. The highest BCUT2D eigenvalue weighted by atomic mass is 16.9. The van der Waals surface area contributed by atoms with E-state index in [-0.39, 0.29) is 30.8 Å². The van der Waals surface area contributed by atoms with E-state index < -0.39 is 77.4 Å². The number of carbonyl (C=O) groups excluding carboxylic acids is 4. The predicted octanol–water partition coefficient (Wildman–Crippen LogP) is 6.18. The molecular weight excluding hydrogens is 668 g/mol. The van der Waals surface area contributed by atoms with E-state index in [0.717, 1.165) is 16.5 Å². The summed E-state index contributed by atoms with van der Waals surface area (Å²) in [7, 11) is 1.50. The highest BCUT2D eigenvalue weighted by molar-refractivity contribution is 6.00. The Morgan fingerprint density at radius 2 is 1.65 bits per heavy atom. The van der Waals surface area contributed by atoms with E-state index in [1.165, 1.54) is 14.0 Å². The minimum atomic E-state index is -1.42. The number of aromatic nitrogens is 1. The molecule has 3 aliphatic heterocycles. The van der Waals surface area contributed by atoms with Gasteiger partial charge in [-0.2, -0.15) is 0 Å². The summed E-state index contributed by atoms with van der Waals surface area (Å²) in [6.07, 6.45) is 4.17. The van der Waals surface area contributed by atoms with Crippen LogP contribution in [0.15, 0.2) is 42.6 Å². The number of fused-ring (bicyclic) bond motifs is 2. The van der Waals surface area contributed by atoms with Gasteiger partial charge in [-0.05, 0) is 78.0 Å². The topological polar surface area (TPSA) is 149 Å². The number of cyclic esters (lactones) is 1. The second kappa shape index (κ2) is 16.1. The molecule has 284 valence electrons. The van der Waals surface area contributed by atoms with Crippen LogP contribution in [0.1, 0.15) is 86.6 Å². The number of para-hydroxylation sites is 1. The van der Waals surface area contributed by atoms with E-state index in [9.17, 15) is 19.2 Å². The highest BCUT2D eigenvalue weighted by Crippen LogP contribution is 2.40. The molecule has 12 nitrogen and oxygen atoms in total. The maximum atomic E-state index is 14.2. The van der Waals surface area contributed by atoms with Crippen molar-refractivity contribution in [3.63, 3.8) is 0 Å². The van der Waals surface area contributed by atoms with Gasteiger partial charge in [0.1, 0.15) is 23.9 Å². The number of benzene rings is 1. The first-order chi connectivity index (χ1) is 24.6. The summed E-state index contributed by atoms with van der Waals surface area (Å²) in [5.74, 6) is -4.82. The fourth-order valence-electron chi connectivity index (χ4n) is 8.06. The van der Waals surface area contributed by atoms with Crippen LogP contribution in [0, 0.1) is 23.7 Å². The quantitative estimate of drug-likeness (QED) is 0.258. The van der Waals surface area contributed by atoms with E-state index >= 15 is 0 Å². The Kier molecular flexibility index (Phi) is 12.2. The first-order valence-corrected chi connectivity index (χ1v) is 18.4. The normalized spacial score (nSPS) is 38.0.